The molecular weight excluding hydrogens is 365 g/mol. The largest absolute Gasteiger partial charge is 0.325 e. The molecule has 2 aromatic carbocycles. The molecule has 0 saturated carbocycles. The lowest BCUT2D eigenvalue weighted by atomic mass is 10.2. The fourth-order valence-corrected chi connectivity index (χ4v) is 3.17. The van der Waals surface area contributed by atoms with Crippen molar-refractivity contribution in [3.05, 3.63) is 59.9 Å². The molecule has 27 heavy (non-hydrogen) atoms. The molecule has 6 nitrogen and oxygen atoms in total. The number of amides is 1. The summed E-state index contributed by atoms with van der Waals surface area (Å²) in [5, 5.41) is 20.1. The Kier molecular flexibility index (Phi) is 5.52. The van der Waals surface area contributed by atoms with Crippen LogP contribution in [-0.4, -0.2) is 25.9 Å². The molecule has 0 radical (unpaired) electrons. The van der Waals surface area contributed by atoms with Crippen LogP contribution in [0.15, 0.2) is 53.7 Å². The lowest BCUT2D eigenvalue weighted by Gasteiger charge is -2.11. The molecule has 8 heteroatoms. The summed E-state index contributed by atoms with van der Waals surface area (Å²) in [6, 6.07) is 14.7. The highest BCUT2D eigenvalue weighted by Crippen LogP contribution is 2.26. The molecule has 0 unspecified atom stereocenters. The number of nitrogens with zero attached hydrogens (tertiary/aromatic N) is 4. The second-order valence-electron chi connectivity index (χ2n) is 5.81. The minimum absolute atomic E-state index is 0.184. The van der Waals surface area contributed by atoms with Crippen molar-refractivity contribution in [1.82, 2.24) is 14.8 Å². The summed E-state index contributed by atoms with van der Waals surface area (Å²) in [5.74, 6) is 0.0943. The van der Waals surface area contributed by atoms with Crippen molar-refractivity contribution >= 4 is 23.4 Å². The molecule has 0 bridgehead atoms. The maximum absolute atomic E-state index is 13.1. The number of aromatic nitrogens is 3. The summed E-state index contributed by atoms with van der Waals surface area (Å²) in [6.45, 7) is 1.77. The molecule has 3 rings (SSSR count). The molecule has 136 valence electrons. The number of rotatable bonds is 5. The fourth-order valence-electron chi connectivity index (χ4n) is 2.35. The molecule has 0 spiro atoms. The van der Waals surface area contributed by atoms with E-state index in [1.165, 1.54) is 23.9 Å². The zero-order valence-electron chi connectivity index (χ0n) is 14.7. The first kappa shape index (κ1) is 18.6. The number of hydrogen-bond donors (Lipinski definition) is 1. The molecule has 0 aliphatic carbocycles. The van der Waals surface area contributed by atoms with Crippen molar-refractivity contribution in [2.45, 2.75) is 17.3 Å². The zero-order chi connectivity index (χ0) is 19.4. The Bertz CT molecular complexity index is 992. The summed E-state index contributed by atoms with van der Waals surface area (Å²) in [7, 11) is 1.80. The first-order valence-electron chi connectivity index (χ1n) is 8.11. The number of benzene rings is 2. The van der Waals surface area contributed by atoms with E-state index in [-0.39, 0.29) is 11.7 Å². The zero-order valence-corrected chi connectivity index (χ0v) is 15.5. The molecule has 0 aliphatic rings. The normalized spacial score (nSPS) is 11.6. The lowest BCUT2D eigenvalue weighted by Crippen LogP contribution is -2.22. The van der Waals surface area contributed by atoms with E-state index in [0.717, 1.165) is 5.56 Å². The van der Waals surface area contributed by atoms with Gasteiger partial charge in [-0.3, -0.25) is 4.79 Å². The standard InChI is InChI=1S/C19H16FN5OS/c1-12(18(26)22-16-9-3-13(11-21)4-10-16)27-19-24-23-17(25(19)2)14-5-7-15(20)8-6-14/h3-10,12H,1-2H3,(H,22,26)/t12-/m0/s1. The third-order valence-corrected chi connectivity index (χ3v) is 5.00. The van der Waals surface area contributed by atoms with Crippen molar-refractivity contribution < 1.29 is 9.18 Å². The second-order valence-corrected chi connectivity index (χ2v) is 7.12. The maximum atomic E-state index is 13.1. The van der Waals surface area contributed by atoms with E-state index in [2.05, 4.69) is 15.5 Å². The van der Waals surface area contributed by atoms with Gasteiger partial charge in [-0.15, -0.1) is 10.2 Å². The van der Waals surface area contributed by atoms with Crippen LogP contribution in [0.1, 0.15) is 12.5 Å². The predicted molar refractivity (Wildman–Crippen MR) is 102 cm³/mol. The number of anilines is 1. The van der Waals surface area contributed by atoms with E-state index in [0.29, 0.717) is 22.2 Å². The first-order chi connectivity index (χ1) is 13.0. The Morgan fingerprint density at radius 2 is 1.85 bits per heavy atom. The van der Waals surface area contributed by atoms with Crippen LogP contribution >= 0.6 is 11.8 Å². The molecule has 1 aromatic heterocycles. The van der Waals surface area contributed by atoms with Crippen LogP contribution in [0, 0.1) is 17.1 Å². The molecule has 0 fully saturated rings. The van der Waals surface area contributed by atoms with Crippen LogP contribution in [0.5, 0.6) is 0 Å². The van der Waals surface area contributed by atoms with E-state index in [1.807, 2.05) is 6.07 Å². The number of hydrogen-bond acceptors (Lipinski definition) is 5. The van der Waals surface area contributed by atoms with Gasteiger partial charge in [0, 0.05) is 18.3 Å². The highest BCUT2D eigenvalue weighted by molar-refractivity contribution is 8.00. The van der Waals surface area contributed by atoms with E-state index in [4.69, 9.17) is 5.26 Å². The minimum atomic E-state index is -0.412. The second kappa shape index (κ2) is 8.01. The Morgan fingerprint density at radius 3 is 2.48 bits per heavy atom. The van der Waals surface area contributed by atoms with E-state index in [9.17, 15) is 9.18 Å². The average Bonchev–Trinajstić information content (AvgIpc) is 3.03. The quantitative estimate of drug-likeness (QED) is 0.683. The Balaban J connectivity index is 1.68. The Hall–Kier alpha value is -3.18. The van der Waals surface area contributed by atoms with E-state index < -0.39 is 5.25 Å². The van der Waals surface area contributed by atoms with Gasteiger partial charge in [0.15, 0.2) is 11.0 Å². The highest BCUT2D eigenvalue weighted by atomic mass is 32.2. The molecule has 1 N–H and O–H groups in total. The number of nitriles is 1. The van der Waals surface area contributed by atoms with Gasteiger partial charge in [-0.2, -0.15) is 5.26 Å². The molecule has 1 atom stereocenters. The molecule has 0 saturated heterocycles. The van der Waals surface area contributed by atoms with E-state index >= 15 is 0 Å². The molecule has 1 amide bonds. The van der Waals surface area contributed by atoms with Crippen LogP contribution in [0.2, 0.25) is 0 Å². The van der Waals surface area contributed by atoms with Crippen LogP contribution in [-0.2, 0) is 11.8 Å². The van der Waals surface area contributed by atoms with Crippen molar-refractivity contribution in [3.63, 3.8) is 0 Å². The Labute approximate surface area is 160 Å². The monoisotopic (exact) mass is 381 g/mol. The van der Waals surface area contributed by atoms with Gasteiger partial charge in [-0.25, -0.2) is 4.39 Å². The Morgan fingerprint density at radius 1 is 1.19 bits per heavy atom. The maximum Gasteiger partial charge on any atom is 0.237 e. The van der Waals surface area contributed by atoms with Crippen molar-refractivity contribution in [1.29, 1.82) is 5.26 Å². The molecule has 3 aromatic rings. The third-order valence-electron chi connectivity index (χ3n) is 3.87. The van der Waals surface area contributed by atoms with Crippen LogP contribution in [0.4, 0.5) is 10.1 Å². The van der Waals surface area contributed by atoms with Gasteiger partial charge in [0.25, 0.3) is 0 Å². The van der Waals surface area contributed by atoms with Gasteiger partial charge in [0.2, 0.25) is 5.91 Å². The number of halogens is 1. The van der Waals surface area contributed by atoms with Crippen LogP contribution in [0.25, 0.3) is 11.4 Å². The van der Waals surface area contributed by atoms with Gasteiger partial charge in [0.1, 0.15) is 5.82 Å². The number of carbonyl (C=O) groups is 1. The lowest BCUT2D eigenvalue weighted by molar-refractivity contribution is -0.115. The average molecular weight is 381 g/mol. The molecule has 1 heterocycles. The summed E-state index contributed by atoms with van der Waals surface area (Å²) in [5.41, 5.74) is 1.90. The summed E-state index contributed by atoms with van der Waals surface area (Å²) in [4.78, 5) is 12.4. The van der Waals surface area contributed by atoms with Crippen LogP contribution in [0.3, 0.4) is 0 Å². The number of thioether (sulfide) groups is 1. The minimum Gasteiger partial charge on any atom is -0.325 e. The third kappa shape index (κ3) is 4.33. The van der Waals surface area contributed by atoms with Gasteiger partial charge in [-0.05, 0) is 55.5 Å². The molecular formula is C19H16FN5OS. The summed E-state index contributed by atoms with van der Waals surface area (Å²) < 4.78 is 14.9. The van der Waals surface area contributed by atoms with E-state index in [1.54, 1.807) is 54.9 Å². The highest BCUT2D eigenvalue weighted by Gasteiger charge is 2.19. The van der Waals surface area contributed by atoms with Crippen molar-refractivity contribution in [2.24, 2.45) is 7.05 Å². The number of carbonyl (C=O) groups excluding carboxylic acids is 1. The molecule has 0 aliphatic heterocycles. The first-order valence-corrected chi connectivity index (χ1v) is 8.99. The summed E-state index contributed by atoms with van der Waals surface area (Å²) >= 11 is 1.27. The van der Waals surface area contributed by atoms with Gasteiger partial charge in [0.05, 0.1) is 16.9 Å². The smallest absolute Gasteiger partial charge is 0.237 e. The number of nitrogens with one attached hydrogen (secondary N) is 1. The topological polar surface area (TPSA) is 83.6 Å². The summed E-state index contributed by atoms with van der Waals surface area (Å²) in [6.07, 6.45) is 0. The predicted octanol–water partition coefficient (Wildman–Crippen LogP) is 3.61. The van der Waals surface area contributed by atoms with Gasteiger partial charge < -0.3 is 9.88 Å². The van der Waals surface area contributed by atoms with Crippen molar-refractivity contribution in [2.75, 3.05) is 5.32 Å². The van der Waals surface area contributed by atoms with Crippen LogP contribution < -0.4 is 5.32 Å². The van der Waals surface area contributed by atoms with Gasteiger partial charge >= 0.3 is 0 Å². The SMILES string of the molecule is C[C@H](Sc1nnc(-c2ccc(F)cc2)n1C)C(=O)Nc1ccc(C#N)cc1. The van der Waals surface area contributed by atoms with Gasteiger partial charge in [-0.1, -0.05) is 11.8 Å². The fraction of sp³-hybridized carbons (Fsp3) is 0.158. The van der Waals surface area contributed by atoms with Crippen molar-refractivity contribution in [3.8, 4) is 17.5 Å².